The van der Waals surface area contributed by atoms with E-state index in [2.05, 4.69) is 4.98 Å². The Morgan fingerprint density at radius 2 is 1.67 bits per heavy atom. The zero-order valence-electron chi connectivity index (χ0n) is 4.74. The van der Waals surface area contributed by atoms with Gasteiger partial charge >= 0.3 is 0 Å². The van der Waals surface area contributed by atoms with Gasteiger partial charge in [0.2, 0.25) is 6.08 Å². The first-order chi connectivity index (χ1) is 4.41. The largest absolute Gasteiger partial charge is 0.265 e. The van der Waals surface area contributed by atoms with Crippen LogP contribution < -0.4 is 0 Å². The molecule has 1 heterocycles. The molecule has 0 aliphatic heterocycles. The van der Waals surface area contributed by atoms with Crippen LogP contribution in [0.1, 0.15) is 0 Å². The minimum Gasteiger partial charge on any atom is -0.265 e. The Kier molecular flexibility index (Phi) is 5.46. The van der Waals surface area contributed by atoms with Crippen LogP contribution >= 0.6 is 0 Å². The molecule has 46 valence electrons. The second-order valence-corrected chi connectivity index (χ2v) is 1.13. The van der Waals surface area contributed by atoms with E-state index in [-0.39, 0.29) is 0 Å². The maximum atomic E-state index is 8.35. The first-order valence-corrected chi connectivity index (χ1v) is 2.30. The SMILES string of the molecule is N=C=O.c1ccncc1. The topological polar surface area (TPSA) is 53.8 Å². The lowest BCUT2D eigenvalue weighted by Crippen LogP contribution is -1.58. The average Bonchev–Trinajstić information content (AvgIpc) is 1.93. The van der Waals surface area contributed by atoms with Gasteiger partial charge in [-0.05, 0) is 12.1 Å². The second-order valence-electron chi connectivity index (χ2n) is 1.13. The van der Waals surface area contributed by atoms with Crippen LogP contribution in [0.4, 0.5) is 0 Å². The molecule has 0 amide bonds. The van der Waals surface area contributed by atoms with Crippen LogP contribution in [0.3, 0.4) is 0 Å². The molecule has 0 aliphatic rings. The molecular weight excluding hydrogens is 116 g/mol. The Bertz CT molecular complexity index is 141. The Balaban J connectivity index is 0.000000187. The lowest BCUT2D eigenvalue weighted by Gasteiger charge is -1.70. The Morgan fingerprint density at radius 1 is 1.22 bits per heavy atom. The van der Waals surface area contributed by atoms with Gasteiger partial charge in [0.05, 0.1) is 0 Å². The number of pyridine rings is 1. The van der Waals surface area contributed by atoms with Crippen LogP contribution in [0.25, 0.3) is 0 Å². The van der Waals surface area contributed by atoms with Crippen molar-refractivity contribution < 1.29 is 4.79 Å². The summed E-state index contributed by atoms with van der Waals surface area (Å²) in [7, 11) is 0. The fraction of sp³-hybridized carbons (Fsp3) is 0. The number of aromatic nitrogens is 1. The van der Waals surface area contributed by atoms with Gasteiger partial charge in [-0.25, -0.2) is 10.2 Å². The maximum Gasteiger partial charge on any atom is 0.231 e. The van der Waals surface area contributed by atoms with Gasteiger partial charge in [-0.3, -0.25) is 4.98 Å². The summed E-state index contributed by atoms with van der Waals surface area (Å²) in [6, 6.07) is 5.72. The Hall–Kier alpha value is -1.47. The number of nitrogens with zero attached hydrogens (tertiary/aromatic N) is 1. The number of isocyanates is 1. The van der Waals surface area contributed by atoms with Gasteiger partial charge < -0.3 is 0 Å². The molecule has 1 N–H and O–H groups in total. The number of carbonyl (C=O) groups excluding carboxylic acids is 1. The fourth-order valence-electron chi connectivity index (χ4n) is 0.313. The van der Waals surface area contributed by atoms with Gasteiger partial charge in [-0.1, -0.05) is 6.07 Å². The van der Waals surface area contributed by atoms with Crippen LogP contribution in [0, 0.1) is 5.41 Å². The molecule has 3 heteroatoms. The van der Waals surface area contributed by atoms with E-state index in [1.807, 2.05) is 18.2 Å². The van der Waals surface area contributed by atoms with E-state index in [0.29, 0.717) is 0 Å². The monoisotopic (exact) mass is 122 g/mol. The molecule has 0 saturated carbocycles. The summed E-state index contributed by atoms with van der Waals surface area (Å²) in [4.78, 5) is 12.1. The van der Waals surface area contributed by atoms with E-state index in [1.54, 1.807) is 12.4 Å². The van der Waals surface area contributed by atoms with Crippen LogP contribution in [0.5, 0.6) is 0 Å². The van der Waals surface area contributed by atoms with Gasteiger partial charge in [-0.15, -0.1) is 0 Å². The molecule has 3 nitrogen and oxygen atoms in total. The molecule has 0 aliphatic carbocycles. The average molecular weight is 122 g/mol. The van der Waals surface area contributed by atoms with Crippen molar-refractivity contribution in [2.75, 3.05) is 0 Å². The van der Waals surface area contributed by atoms with Gasteiger partial charge in [0, 0.05) is 12.4 Å². The van der Waals surface area contributed by atoms with Gasteiger partial charge in [0.1, 0.15) is 0 Å². The molecule has 1 rings (SSSR count). The van der Waals surface area contributed by atoms with Crippen molar-refractivity contribution in [1.29, 1.82) is 5.41 Å². The van der Waals surface area contributed by atoms with E-state index in [9.17, 15) is 0 Å². The van der Waals surface area contributed by atoms with E-state index < -0.39 is 0 Å². The van der Waals surface area contributed by atoms with Gasteiger partial charge in [0.25, 0.3) is 0 Å². The van der Waals surface area contributed by atoms with Crippen LogP contribution in [0.2, 0.25) is 0 Å². The minimum atomic E-state index is 0.750. The van der Waals surface area contributed by atoms with Gasteiger partial charge in [-0.2, -0.15) is 0 Å². The molecule has 0 fully saturated rings. The van der Waals surface area contributed by atoms with Crippen LogP contribution in [0.15, 0.2) is 30.6 Å². The highest BCUT2D eigenvalue weighted by atomic mass is 16.1. The van der Waals surface area contributed by atoms with E-state index in [0.717, 1.165) is 6.08 Å². The number of nitrogens with one attached hydrogen (secondary N) is 1. The zero-order chi connectivity index (χ0) is 6.95. The standard InChI is InChI=1S/C5H5N.CHNO/c1-2-4-6-5-3-1;2-1-3/h1-5H;2H. The number of hydrogen-bond donors (Lipinski definition) is 1. The first kappa shape index (κ1) is 7.53. The van der Waals surface area contributed by atoms with Gasteiger partial charge in [0.15, 0.2) is 0 Å². The van der Waals surface area contributed by atoms with Crippen molar-refractivity contribution in [1.82, 2.24) is 4.98 Å². The van der Waals surface area contributed by atoms with Crippen molar-refractivity contribution in [2.45, 2.75) is 0 Å². The summed E-state index contributed by atoms with van der Waals surface area (Å²) in [5, 5.41) is 5.40. The molecule has 0 atom stereocenters. The number of rotatable bonds is 0. The first-order valence-electron chi connectivity index (χ1n) is 2.30. The zero-order valence-corrected chi connectivity index (χ0v) is 4.74. The number of hydrogen-bond acceptors (Lipinski definition) is 3. The molecule has 1 aromatic rings. The van der Waals surface area contributed by atoms with Crippen molar-refractivity contribution in [3.63, 3.8) is 0 Å². The highest BCUT2D eigenvalue weighted by Crippen LogP contribution is 1.73. The molecular formula is C6H6N2O. The molecule has 9 heavy (non-hydrogen) atoms. The Morgan fingerprint density at radius 3 is 1.78 bits per heavy atom. The van der Waals surface area contributed by atoms with Crippen molar-refractivity contribution in [3.05, 3.63) is 30.6 Å². The third-order valence-electron chi connectivity index (χ3n) is 0.566. The third-order valence-corrected chi connectivity index (χ3v) is 0.566. The van der Waals surface area contributed by atoms with E-state index >= 15 is 0 Å². The Labute approximate surface area is 52.9 Å². The van der Waals surface area contributed by atoms with Crippen molar-refractivity contribution in [2.24, 2.45) is 0 Å². The summed E-state index contributed by atoms with van der Waals surface area (Å²) >= 11 is 0. The van der Waals surface area contributed by atoms with E-state index in [4.69, 9.17) is 10.2 Å². The highest BCUT2D eigenvalue weighted by Gasteiger charge is 1.58. The lowest BCUT2D eigenvalue weighted by molar-refractivity contribution is 0.563. The predicted molar refractivity (Wildman–Crippen MR) is 32.7 cm³/mol. The molecule has 0 bridgehead atoms. The van der Waals surface area contributed by atoms with Crippen molar-refractivity contribution in [3.8, 4) is 0 Å². The maximum absolute atomic E-state index is 8.35. The fourth-order valence-corrected chi connectivity index (χ4v) is 0.313. The molecule has 0 spiro atoms. The smallest absolute Gasteiger partial charge is 0.231 e. The summed E-state index contributed by atoms with van der Waals surface area (Å²) in [5.41, 5.74) is 0. The molecule has 0 unspecified atom stereocenters. The summed E-state index contributed by atoms with van der Waals surface area (Å²) in [6.07, 6.45) is 4.25. The molecule has 0 saturated heterocycles. The third kappa shape index (κ3) is 6.53. The summed E-state index contributed by atoms with van der Waals surface area (Å²) in [5.74, 6) is 0. The molecule has 0 aromatic carbocycles. The second kappa shape index (κ2) is 6.53. The van der Waals surface area contributed by atoms with Crippen molar-refractivity contribution >= 4 is 6.08 Å². The normalized spacial score (nSPS) is 6.22. The molecule has 0 radical (unpaired) electrons. The molecule has 1 aromatic heterocycles. The van der Waals surface area contributed by atoms with Crippen LogP contribution in [-0.2, 0) is 4.79 Å². The van der Waals surface area contributed by atoms with E-state index in [1.165, 1.54) is 0 Å². The minimum absolute atomic E-state index is 0.750. The lowest BCUT2D eigenvalue weighted by atomic mass is 10.5. The van der Waals surface area contributed by atoms with Crippen LogP contribution in [-0.4, -0.2) is 11.1 Å². The highest BCUT2D eigenvalue weighted by molar-refractivity contribution is 5.26. The predicted octanol–water partition coefficient (Wildman–Crippen LogP) is 0.983. The summed E-state index contributed by atoms with van der Waals surface area (Å²) in [6.45, 7) is 0. The quantitative estimate of drug-likeness (QED) is 0.412. The summed E-state index contributed by atoms with van der Waals surface area (Å²) < 4.78 is 0.